The Kier molecular flexibility index (Phi) is 4.39. The maximum Gasteiger partial charge on any atom is 0.337 e. The van der Waals surface area contributed by atoms with Gasteiger partial charge < -0.3 is 14.6 Å². The van der Waals surface area contributed by atoms with Crippen LogP contribution in [0.1, 0.15) is 27.2 Å². The lowest BCUT2D eigenvalue weighted by Gasteiger charge is -2.27. The van der Waals surface area contributed by atoms with E-state index in [0.29, 0.717) is 30.6 Å². The van der Waals surface area contributed by atoms with Crippen molar-refractivity contribution in [3.8, 4) is 0 Å². The number of carbonyl (C=O) groups is 2. The molecule has 0 aliphatic carbocycles. The first kappa shape index (κ1) is 17.3. The molecule has 2 heterocycles. The number of halogens is 1. The third-order valence-electron chi connectivity index (χ3n) is 4.99. The molecule has 5 nitrogen and oxygen atoms in total. The van der Waals surface area contributed by atoms with Crippen LogP contribution in [0.3, 0.4) is 0 Å². The number of hydrogen-bond donors (Lipinski definition) is 1. The number of aromatic amines is 1. The molecule has 1 N–H and O–H groups in total. The molecule has 2 aromatic carbocycles. The molecular weight excluding hydrogens is 347 g/mol. The molecule has 0 fully saturated rings. The predicted octanol–water partition coefficient (Wildman–Crippen LogP) is 3.22. The highest BCUT2D eigenvalue weighted by Gasteiger charge is 2.24. The van der Waals surface area contributed by atoms with Gasteiger partial charge in [-0.05, 0) is 35.9 Å². The lowest BCUT2D eigenvalue weighted by atomic mass is 10.0. The number of fused-ring (bicyclic) bond motifs is 3. The average molecular weight is 366 g/mol. The summed E-state index contributed by atoms with van der Waals surface area (Å²) in [6.45, 7) is 1.08. The molecule has 0 saturated carbocycles. The van der Waals surface area contributed by atoms with Crippen molar-refractivity contribution in [3.63, 3.8) is 0 Å². The van der Waals surface area contributed by atoms with E-state index in [1.807, 2.05) is 6.07 Å². The van der Waals surface area contributed by atoms with Crippen molar-refractivity contribution in [2.45, 2.75) is 19.4 Å². The second-order valence-electron chi connectivity index (χ2n) is 6.71. The molecule has 0 atom stereocenters. The van der Waals surface area contributed by atoms with E-state index in [-0.39, 0.29) is 24.1 Å². The number of hydrogen-bond acceptors (Lipinski definition) is 3. The van der Waals surface area contributed by atoms with Gasteiger partial charge in [0.1, 0.15) is 5.82 Å². The number of benzene rings is 2. The van der Waals surface area contributed by atoms with Gasteiger partial charge in [-0.2, -0.15) is 0 Å². The number of nitrogens with zero attached hydrogens (tertiary/aromatic N) is 1. The van der Waals surface area contributed by atoms with E-state index in [2.05, 4.69) is 4.98 Å². The molecule has 0 radical (unpaired) electrons. The molecular formula is C21H19FN2O3. The van der Waals surface area contributed by atoms with Crippen LogP contribution in [0, 0.1) is 5.82 Å². The molecule has 6 heteroatoms. The Labute approximate surface area is 155 Å². The number of rotatable bonds is 3. The van der Waals surface area contributed by atoms with Crippen molar-refractivity contribution in [1.82, 2.24) is 9.88 Å². The lowest BCUT2D eigenvalue weighted by Crippen LogP contribution is -2.36. The van der Waals surface area contributed by atoms with Crippen molar-refractivity contribution < 1.29 is 18.7 Å². The first-order valence-corrected chi connectivity index (χ1v) is 8.79. The summed E-state index contributed by atoms with van der Waals surface area (Å²) >= 11 is 0. The third kappa shape index (κ3) is 3.30. The molecule has 1 aliphatic heterocycles. The highest BCUT2D eigenvalue weighted by atomic mass is 19.1. The maximum atomic E-state index is 13.4. The Hall–Kier alpha value is -3.15. The second kappa shape index (κ2) is 6.87. The molecule has 0 unspecified atom stereocenters. The average Bonchev–Trinajstić information content (AvgIpc) is 3.04. The van der Waals surface area contributed by atoms with Gasteiger partial charge in [0.25, 0.3) is 0 Å². The van der Waals surface area contributed by atoms with E-state index in [1.54, 1.807) is 29.2 Å². The summed E-state index contributed by atoms with van der Waals surface area (Å²) in [7, 11) is 1.35. The SMILES string of the molecule is COC(=O)c1ccc2[nH]c3c(c2c1)CN(C(=O)Cc1cccc(F)c1)CC3. The minimum atomic E-state index is -0.387. The Bertz CT molecular complexity index is 1040. The molecule has 27 heavy (non-hydrogen) atoms. The first-order valence-electron chi connectivity index (χ1n) is 8.79. The quantitative estimate of drug-likeness (QED) is 0.724. The van der Waals surface area contributed by atoms with Crippen LogP contribution in [0.15, 0.2) is 42.5 Å². The van der Waals surface area contributed by atoms with Crippen LogP contribution in [-0.4, -0.2) is 35.4 Å². The fourth-order valence-corrected chi connectivity index (χ4v) is 3.61. The number of H-pyrrole nitrogens is 1. The van der Waals surface area contributed by atoms with Gasteiger partial charge >= 0.3 is 5.97 Å². The van der Waals surface area contributed by atoms with Crippen molar-refractivity contribution in [3.05, 3.63) is 70.7 Å². The summed E-state index contributed by atoms with van der Waals surface area (Å²) in [6, 6.07) is 11.5. The van der Waals surface area contributed by atoms with Crippen LogP contribution in [0.4, 0.5) is 4.39 Å². The standard InChI is InChI=1S/C21H19FN2O3/c1-27-21(26)14-5-6-18-16(11-14)17-12-24(8-7-19(17)23-18)20(25)10-13-3-2-4-15(22)9-13/h2-6,9,11,23H,7-8,10,12H2,1H3. The van der Waals surface area contributed by atoms with Gasteiger partial charge in [0.15, 0.2) is 0 Å². The van der Waals surface area contributed by atoms with E-state index >= 15 is 0 Å². The van der Waals surface area contributed by atoms with Gasteiger partial charge in [-0.3, -0.25) is 4.79 Å². The van der Waals surface area contributed by atoms with E-state index in [4.69, 9.17) is 4.74 Å². The molecule has 1 aliphatic rings. The van der Waals surface area contributed by atoms with Crippen LogP contribution in [0.25, 0.3) is 10.9 Å². The fraction of sp³-hybridized carbons (Fsp3) is 0.238. The van der Waals surface area contributed by atoms with Crippen LogP contribution in [0.2, 0.25) is 0 Å². The zero-order valence-electron chi connectivity index (χ0n) is 14.9. The largest absolute Gasteiger partial charge is 0.465 e. The molecule has 138 valence electrons. The van der Waals surface area contributed by atoms with Crippen LogP contribution in [0.5, 0.6) is 0 Å². The van der Waals surface area contributed by atoms with E-state index < -0.39 is 0 Å². The lowest BCUT2D eigenvalue weighted by molar-refractivity contribution is -0.131. The maximum absolute atomic E-state index is 13.4. The number of esters is 1. The third-order valence-corrected chi connectivity index (χ3v) is 4.99. The minimum absolute atomic E-state index is 0.0373. The topological polar surface area (TPSA) is 62.4 Å². The molecule has 1 aromatic heterocycles. The number of amides is 1. The molecule has 3 aromatic rings. The normalized spacial score (nSPS) is 13.5. The zero-order valence-corrected chi connectivity index (χ0v) is 14.9. The molecule has 1 amide bonds. The fourth-order valence-electron chi connectivity index (χ4n) is 3.61. The highest BCUT2D eigenvalue weighted by Crippen LogP contribution is 2.29. The van der Waals surface area contributed by atoms with Gasteiger partial charge in [-0.25, -0.2) is 9.18 Å². The molecule has 0 bridgehead atoms. The first-order chi connectivity index (χ1) is 13.0. The van der Waals surface area contributed by atoms with Gasteiger partial charge in [0.2, 0.25) is 5.91 Å². The number of carbonyl (C=O) groups excluding carboxylic acids is 2. The van der Waals surface area contributed by atoms with Crippen molar-refractivity contribution in [2.24, 2.45) is 0 Å². The Morgan fingerprint density at radius 2 is 2.07 bits per heavy atom. The Balaban J connectivity index is 1.59. The highest BCUT2D eigenvalue weighted by molar-refractivity contribution is 5.96. The van der Waals surface area contributed by atoms with Crippen LogP contribution < -0.4 is 0 Å². The second-order valence-corrected chi connectivity index (χ2v) is 6.71. The summed E-state index contributed by atoms with van der Waals surface area (Å²) in [5.74, 6) is -0.764. The number of ether oxygens (including phenoxy) is 1. The van der Waals surface area contributed by atoms with Crippen molar-refractivity contribution in [1.29, 1.82) is 0 Å². The molecule has 0 saturated heterocycles. The van der Waals surface area contributed by atoms with E-state index in [1.165, 1.54) is 19.2 Å². The van der Waals surface area contributed by atoms with E-state index in [9.17, 15) is 14.0 Å². The molecule has 4 rings (SSSR count). The number of aromatic nitrogens is 1. The summed E-state index contributed by atoms with van der Waals surface area (Å²) in [6.07, 6.45) is 0.884. The summed E-state index contributed by atoms with van der Waals surface area (Å²) in [5, 5.41) is 0.927. The molecule has 0 spiro atoms. The predicted molar refractivity (Wildman–Crippen MR) is 98.9 cm³/mol. The van der Waals surface area contributed by atoms with Gasteiger partial charge in [0, 0.05) is 41.7 Å². The summed E-state index contributed by atoms with van der Waals surface area (Å²) < 4.78 is 18.2. The van der Waals surface area contributed by atoms with Crippen LogP contribution in [-0.2, 0) is 28.9 Å². The van der Waals surface area contributed by atoms with E-state index in [0.717, 1.165) is 22.2 Å². The summed E-state index contributed by atoms with van der Waals surface area (Å²) in [5.41, 5.74) is 4.19. The number of methoxy groups -OCH3 is 1. The van der Waals surface area contributed by atoms with Crippen LogP contribution >= 0.6 is 0 Å². The smallest absolute Gasteiger partial charge is 0.337 e. The van der Waals surface area contributed by atoms with Crippen molar-refractivity contribution in [2.75, 3.05) is 13.7 Å². The number of nitrogens with one attached hydrogen (secondary N) is 1. The van der Waals surface area contributed by atoms with Gasteiger partial charge in [0.05, 0.1) is 19.1 Å². The van der Waals surface area contributed by atoms with Gasteiger partial charge in [-0.15, -0.1) is 0 Å². The Morgan fingerprint density at radius 3 is 2.85 bits per heavy atom. The Morgan fingerprint density at radius 1 is 1.22 bits per heavy atom. The van der Waals surface area contributed by atoms with Crippen molar-refractivity contribution >= 4 is 22.8 Å². The monoisotopic (exact) mass is 366 g/mol. The minimum Gasteiger partial charge on any atom is -0.465 e. The zero-order chi connectivity index (χ0) is 19.0. The summed E-state index contributed by atoms with van der Waals surface area (Å²) in [4.78, 5) is 29.7. The van der Waals surface area contributed by atoms with Gasteiger partial charge in [-0.1, -0.05) is 12.1 Å².